The van der Waals surface area contributed by atoms with Crippen LogP contribution in [0.25, 0.3) is 0 Å². The maximum atomic E-state index is 11.9. The standard InChI is InChI=1S/C18H16Cl2N3O/c19-16-12-21-23(18(24)17(16)20)11-8-14-6-9-22(10-7-14)13-15-4-2-1-3-5-15/h1-7,9-10,12H,8,11,13H2/q+1. The van der Waals surface area contributed by atoms with Crippen molar-refractivity contribution in [2.45, 2.75) is 19.5 Å². The highest BCUT2D eigenvalue weighted by Gasteiger charge is 2.08. The zero-order valence-electron chi connectivity index (χ0n) is 12.9. The highest BCUT2D eigenvalue weighted by Crippen LogP contribution is 2.14. The fourth-order valence-corrected chi connectivity index (χ4v) is 2.66. The Morgan fingerprint density at radius 3 is 2.42 bits per heavy atom. The van der Waals surface area contributed by atoms with Gasteiger partial charge in [-0.2, -0.15) is 5.10 Å². The zero-order valence-corrected chi connectivity index (χ0v) is 14.4. The molecule has 0 aliphatic heterocycles. The summed E-state index contributed by atoms with van der Waals surface area (Å²) in [7, 11) is 0. The van der Waals surface area contributed by atoms with Gasteiger partial charge in [0.25, 0.3) is 5.56 Å². The summed E-state index contributed by atoms with van der Waals surface area (Å²) in [6.45, 7) is 1.29. The summed E-state index contributed by atoms with van der Waals surface area (Å²) in [5.41, 5.74) is 2.01. The third kappa shape index (κ3) is 4.02. The van der Waals surface area contributed by atoms with Crippen LogP contribution in [0.3, 0.4) is 0 Å². The lowest BCUT2D eigenvalue weighted by Crippen LogP contribution is -2.33. The van der Waals surface area contributed by atoms with Crippen LogP contribution in [0.15, 0.2) is 65.8 Å². The topological polar surface area (TPSA) is 38.8 Å². The predicted molar refractivity (Wildman–Crippen MR) is 94.4 cm³/mol. The minimum absolute atomic E-state index is 0.0143. The number of nitrogens with zero attached hydrogens (tertiary/aromatic N) is 3. The molecule has 0 saturated carbocycles. The molecule has 0 spiro atoms. The minimum atomic E-state index is -0.362. The largest absolute Gasteiger partial charge is 0.287 e. The molecule has 0 aliphatic carbocycles. The van der Waals surface area contributed by atoms with Gasteiger partial charge in [-0.1, -0.05) is 53.5 Å². The van der Waals surface area contributed by atoms with E-state index in [2.05, 4.69) is 21.8 Å². The van der Waals surface area contributed by atoms with Crippen LogP contribution in [-0.4, -0.2) is 9.78 Å². The van der Waals surface area contributed by atoms with E-state index in [0.717, 1.165) is 12.1 Å². The summed E-state index contributed by atoms with van der Waals surface area (Å²) in [5.74, 6) is 0. The molecule has 0 fully saturated rings. The molecule has 6 heteroatoms. The second-order valence-corrected chi connectivity index (χ2v) is 6.23. The van der Waals surface area contributed by atoms with Crippen molar-refractivity contribution in [3.63, 3.8) is 0 Å². The summed E-state index contributed by atoms with van der Waals surface area (Å²) in [6.07, 6.45) is 6.15. The molecule has 0 unspecified atom stereocenters. The van der Waals surface area contributed by atoms with Crippen molar-refractivity contribution >= 4 is 23.2 Å². The predicted octanol–water partition coefficient (Wildman–Crippen LogP) is 3.13. The first-order valence-electron chi connectivity index (χ1n) is 7.56. The molecule has 3 aromatic rings. The molecule has 1 aromatic carbocycles. The SMILES string of the molecule is O=c1c(Cl)c(Cl)cnn1CCc1cc[n+](Cc2ccccc2)cc1. The number of hydrogen-bond donors (Lipinski definition) is 0. The fraction of sp³-hybridized carbons (Fsp3) is 0.167. The van der Waals surface area contributed by atoms with Crippen molar-refractivity contribution in [1.29, 1.82) is 0 Å². The molecular weight excluding hydrogens is 345 g/mol. The van der Waals surface area contributed by atoms with Gasteiger partial charge in [-0.05, 0) is 12.0 Å². The van der Waals surface area contributed by atoms with E-state index in [1.54, 1.807) is 0 Å². The summed E-state index contributed by atoms with van der Waals surface area (Å²) in [5, 5.41) is 4.20. The zero-order chi connectivity index (χ0) is 16.9. The summed E-state index contributed by atoms with van der Waals surface area (Å²) in [6, 6.07) is 14.4. The molecule has 0 aliphatic rings. The molecule has 0 atom stereocenters. The number of halogens is 2. The van der Waals surface area contributed by atoms with Crippen LogP contribution in [0.2, 0.25) is 10.0 Å². The monoisotopic (exact) mass is 360 g/mol. The average Bonchev–Trinajstić information content (AvgIpc) is 2.61. The Labute approximate surface area is 149 Å². The van der Waals surface area contributed by atoms with Crippen LogP contribution < -0.4 is 10.1 Å². The van der Waals surface area contributed by atoms with Gasteiger partial charge in [-0.25, -0.2) is 9.25 Å². The number of rotatable bonds is 5. The number of hydrogen-bond acceptors (Lipinski definition) is 2. The van der Waals surface area contributed by atoms with Crippen LogP contribution in [0.4, 0.5) is 0 Å². The molecule has 0 saturated heterocycles. The summed E-state index contributed by atoms with van der Waals surface area (Å²) in [4.78, 5) is 11.9. The van der Waals surface area contributed by atoms with E-state index in [1.807, 2.05) is 42.7 Å². The molecule has 4 nitrogen and oxygen atoms in total. The van der Waals surface area contributed by atoms with Gasteiger partial charge in [0.15, 0.2) is 18.9 Å². The highest BCUT2D eigenvalue weighted by atomic mass is 35.5. The van der Waals surface area contributed by atoms with Crippen molar-refractivity contribution in [3.05, 3.63) is 92.6 Å². The van der Waals surface area contributed by atoms with E-state index in [4.69, 9.17) is 23.2 Å². The van der Waals surface area contributed by atoms with Crippen molar-refractivity contribution in [3.8, 4) is 0 Å². The molecule has 24 heavy (non-hydrogen) atoms. The molecule has 2 heterocycles. The first-order chi connectivity index (χ1) is 11.6. The second-order valence-electron chi connectivity index (χ2n) is 5.45. The number of pyridine rings is 1. The van der Waals surface area contributed by atoms with E-state index in [1.165, 1.54) is 16.4 Å². The average molecular weight is 361 g/mol. The minimum Gasteiger partial charge on any atom is -0.266 e. The molecule has 0 amide bonds. The lowest BCUT2D eigenvalue weighted by molar-refractivity contribution is -0.688. The number of aromatic nitrogens is 3. The van der Waals surface area contributed by atoms with Crippen LogP contribution >= 0.6 is 23.2 Å². The van der Waals surface area contributed by atoms with Gasteiger partial charge in [0.05, 0.1) is 11.2 Å². The highest BCUT2D eigenvalue weighted by molar-refractivity contribution is 6.41. The fourth-order valence-electron chi connectivity index (χ4n) is 2.39. The van der Waals surface area contributed by atoms with Gasteiger partial charge in [-0.15, -0.1) is 0 Å². The van der Waals surface area contributed by atoms with Gasteiger partial charge >= 0.3 is 0 Å². The molecule has 0 N–H and O–H groups in total. The number of aryl methyl sites for hydroxylation is 2. The van der Waals surface area contributed by atoms with E-state index in [-0.39, 0.29) is 15.6 Å². The van der Waals surface area contributed by atoms with Crippen molar-refractivity contribution in [1.82, 2.24) is 9.78 Å². The van der Waals surface area contributed by atoms with Crippen molar-refractivity contribution in [2.75, 3.05) is 0 Å². The summed E-state index contributed by atoms with van der Waals surface area (Å²) < 4.78 is 3.45. The molecule has 0 radical (unpaired) electrons. The first kappa shape index (κ1) is 16.7. The third-order valence-electron chi connectivity index (χ3n) is 3.72. The lowest BCUT2D eigenvalue weighted by Gasteiger charge is -2.05. The Balaban J connectivity index is 1.65. The Morgan fingerprint density at radius 1 is 1.00 bits per heavy atom. The first-order valence-corrected chi connectivity index (χ1v) is 8.32. The van der Waals surface area contributed by atoms with Gasteiger partial charge < -0.3 is 0 Å². The van der Waals surface area contributed by atoms with Crippen molar-refractivity contribution in [2.24, 2.45) is 0 Å². The van der Waals surface area contributed by atoms with Gasteiger partial charge in [-0.3, -0.25) is 4.79 Å². The Bertz CT molecular complexity index is 877. The van der Waals surface area contributed by atoms with E-state index in [9.17, 15) is 4.79 Å². The van der Waals surface area contributed by atoms with E-state index in [0.29, 0.717) is 13.0 Å². The summed E-state index contributed by atoms with van der Waals surface area (Å²) >= 11 is 11.6. The number of benzene rings is 1. The van der Waals surface area contributed by atoms with Gasteiger partial charge in [0.2, 0.25) is 0 Å². The maximum absolute atomic E-state index is 11.9. The lowest BCUT2D eigenvalue weighted by atomic mass is 10.2. The molecule has 0 bridgehead atoms. The van der Waals surface area contributed by atoms with Crippen LogP contribution in [0, 0.1) is 0 Å². The molecular formula is C18H16Cl2N3O+. The molecule has 3 rings (SSSR count). The van der Waals surface area contributed by atoms with E-state index < -0.39 is 0 Å². The Kier molecular flexibility index (Phi) is 5.28. The van der Waals surface area contributed by atoms with Gasteiger partial charge in [0, 0.05) is 24.2 Å². The van der Waals surface area contributed by atoms with Crippen LogP contribution in [-0.2, 0) is 19.5 Å². The van der Waals surface area contributed by atoms with Crippen molar-refractivity contribution < 1.29 is 4.57 Å². The Morgan fingerprint density at radius 2 is 1.71 bits per heavy atom. The normalized spacial score (nSPS) is 10.8. The smallest absolute Gasteiger partial charge is 0.266 e. The van der Waals surface area contributed by atoms with Gasteiger partial charge in [0.1, 0.15) is 5.02 Å². The van der Waals surface area contributed by atoms with Crippen LogP contribution in [0.5, 0.6) is 0 Å². The van der Waals surface area contributed by atoms with E-state index >= 15 is 0 Å². The second kappa shape index (κ2) is 7.60. The quantitative estimate of drug-likeness (QED) is 0.655. The molecule has 2 aromatic heterocycles. The maximum Gasteiger partial charge on any atom is 0.287 e. The third-order valence-corrected chi connectivity index (χ3v) is 4.47. The van der Waals surface area contributed by atoms with Crippen LogP contribution in [0.1, 0.15) is 11.1 Å². The molecule has 122 valence electrons. The Hall–Kier alpha value is -2.17.